The highest BCUT2D eigenvalue weighted by Crippen LogP contribution is 2.18. The number of ether oxygens (including phenoxy) is 1. The average molecular weight is 333 g/mol. The highest BCUT2D eigenvalue weighted by atomic mass is 32.2. The molecule has 0 fully saturated rings. The van der Waals surface area contributed by atoms with Crippen LogP contribution < -0.4 is 10.1 Å². The van der Waals surface area contributed by atoms with Crippen molar-refractivity contribution in [2.75, 3.05) is 11.1 Å². The summed E-state index contributed by atoms with van der Waals surface area (Å²) in [6.45, 7) is 3.92. The number of amides is 1. The number of nitrogens with one attached hydrogen (secondary N) is 1. The highest BCUT2D eigenvalue weighted by molar-refractivity contribution is 7.99. The maximum atomic E-state index is 13.5. The minimum Gasteiger partial charge on any atom is -0.491 e. The lowest BCUT2D eigenvalue weighted by molar-refractivity contribution is -0.113. The number of thioether (sulfide) groups is 1. The molecule has 1 amide bonds. The Labute approximate surface area is 140 Å². The van der Waals surface area contributed by atoms with Crippen LogP contribution in [-0.2, 0) is 10.5 Å². The zero-order valence-electron chi connectivity index (χ0n) is 13.2. The van der Waals surface area contributed by atoms with Crippen LogP contribution in [0.1, 0.15) is 19.4 Å². The maximum Gasteiger partial charge on any atom is 0.234 e. The molecule has 2 rings (SSSR count). The maximum absolute atomic E-state index is 13.5. The minimum absolute atomic E-state index is 0.108. The van der Waals surface area contributed by atoms with E-state index >= 15 is 0 Å². The molecule has 0 radical (unpaired) electrons. The van der Waals surface area contributed by atoms with Crippen LogP contribution in [0.3, 0.4) is 0 Å². The molecular formula is C18H20FNO2S. The van der Waals surface area contributed by atoms with Crippen molar-refractivity contribution in [1.29, 1.82) is 0 Å². The van der Waals surface area contributed by atoms with E-state index in [0.717, 1.165) is 11.4 Å². The summed E-state index contributed by atoms with van der Waals surface area (Å²) in [5.74, 6) is 1.18. The van der Waals surface area contributed by atoms with Crippen molar-refractivity contribution in [3.8, 4) is 5.75 Å². The zero-order valence-corrected chi connectivity index (χ0v) is 14.0. The van der Waals surface area contributed by atoms with Gasteiger partial charge in [-0.3, -0.25) is 4.79 Å². The average Bonchev–Trinajstić information content (AvgIpc) is 2.51. The Hall–Kier alpha value is -2.01. The number of benzene rings is 2. The lowest BCUT2D eigenvalue weighted by Crippen LogP contribution is -2.14. The molecule has 0 spiro atoms. The van der Waals surface area contributed by atoms with Crippen molar-refractivity contribution < 1.29 is 13.9 Å². The van der Waals surface area contributed by atoms with Gasteiger partial charge in [0.25, 0.3) is 0 Å². The van der Waals surface area contributed by atoms with Gasteiger partial charge in [-0.05, 0) is 49.7 Å². The molecule has 122 valence electrons. The molecule has 23 heavy (non-hydrogen) atoms. The Morgan fingerprint density at radius 2 is 1.87 bits per heavy atom. The lowest BCUT2D eigenvalue weighted by atomic mass is 10.2. The van der Waals surface area contributed by atoms with Gasteiger partial charge in [0, 0.05) is 11.4 Å². The highest BCUT2D eigenvalue weighted by Gasteiger charge is 2.06. The number of hydrogen-bond donors (Lipinski definition) is 1. The second kappa shape index (κ2) is 8.58. The molecule has 0 atom stereocenters. The summed E-state index contributed by atoms with van der Waals surface area (Å²) in [7, 11) is 0. The normalized spacial score (nSPS) is 10.6. The van der Waals surface area contributed by atoms with E-state index in [9.17, 15) is 9.18 Å². The number of halogens is 1. The quantitative estimate of drug-likeness (QED) is 0.811. The molecule has 0 heterocycles. The second-order valence-electron chi connectivity index (χ2n) is 5.32. The van der Waals surface area contributed by atoms with Gasteiger partial charge >= 0.3 is 0 Å². The van der Waals surface area contributed by atoms with E-state index in [1.807, 2.05) is 26.0 Å². The standard InChI is InChI=1S/C18H20FNO2S/c1-13(2)22-16-9-7-15(8-10-16)20-18(21)12-23-11-14-5-3-4-6-17(14)19/h3-10,13H,11-12H2,1-2H3,(H,20,21). The molecule has 0 saturated carbocycles. The molecular weight excluding hydrogens is 313 g/mol. The third kappa shape index (κ3) is 5.94. The fraction of sp³-hybridized carbons (Fsp3) is 0.278. The third-order valence-electron chi connectivity index (χ3n) is 2.96. The molecule has 0 bridgehead atoms. The number of hydrogen-bond acceptors (Lipinski definition) is 3. The lowest BCUT2D eigenvalue weighted by Gasteiger charge is -2.10. The van der Waals surface area contributed by atoms with E-state index in [1.54, 1.807) is 30.3 Å². The third-order valence-corrected chi connectivity index (χ3v) is 3.94. The van der Waals surface area contributed by atoms with Crippen LogP contribution in [0.4, 0.5) is 10.1 Å². The first-order valence-electron chi connectivity index (χ1n) is 7.42. The van der Waals surface area contributed by atoms with Crippen LogP contribution in [-0.4, -0.2) is 17.8 Å². The predicted molar refractivity (Wildman–Crippen MR) is 93.4 cm³/mol. The van der Waals surface area contributed by atoms with Crippen molar-refractivity contribution in [1.82, 2.24) is 0 Å². The summed E-state index contributed by atoms with van der Waals surface area (Å²) in [6, 6.07) is 13.9. The van der Waals surface area contributed by atoms with Crippen molar-refractivity contribution in [2.24, 2.45) is 0 Å². The van der Waals surface area contributed by atoms with Crippen LogP contribution in [0.15, 0.2) is 48.5 Å². The van der Waals surface area contributed by atoms with E-state index in [2.05, 4.69) is 5.32 Å². The molecule has 3 nitrogen and oxygen atoms in total. The van der Waals surface area contributed by atoms with Gasteiger partial charge in [-0.25, -0.2) is 4.39 Å². The van der Waals surface area contributed by atoms with Gasteiger partial charge in [0.2, 0.25) is 5.91 Å². The van der Waals surface area contributed by atoms with Gasteiger partial charge in [0.15, 0.2) is 0 Å². The first-order valence-corrected chi connectivity index (χ1v) is 8.58. The summed E-state index contributed by atoms with van der Waals surface area (Å²) in [6.07, 6.45) is 0.116. The predicted octanol–water partition coefficient (Wildman–Crippen LogP) is 4.48. The molecule has 2 aromatic carbocycles. The Morgan fingerprint density at radius 3 is 2.52 bits per heavy atom. The van der Waals surface area contributed by atoms with Crippen molar-refractivity contribution in [3.05, 3.63) is 59.9 Å². The van der Waals surface area contributed by atoms with Crippen LogP contribution in [0, 0.1) is 5.82 Å². The van der Waals surface area contributed by atoms with Gasteiger partial charge in [-0.1, -0.05) is 18.2 Å². The molecule has 2 aromatic rings. The summed E-state index contributed by atoms with van der Waals surface area (Å²) in [5.41, 5.74) is 1.33. The van der Waals surface area contributed by atoms with E-state index in [4.69, 9.17) is 4.74 Å². The summed E-state index contributed by atoms with van der Waals surface area (Å²) in [5, 5.41) is 2.81. The molecule has 0 aliphatic carbocycles. The number of carbonyl (C=O) groups excluding carboxylic acids is 1. The summed E-state index contributed by atoms with van der Waals surface area (Å²) < 4.78 is 19.0. The summed E-state index contributed by atoms with van der Waals surface area (Å²) >= 11 is 1.38. The largest absolute Gasteiger partial charge is 0.491 e. The smallest absolute Gasteiger partial charge is 0.234 e. The fourth-order valence-corrected chi connectivity index (χ4v) is 2.77. The number of anilines is 1. The van der Waals surface area contributed by atoms with Crippen molar-refractivity contribution in [3.63, 3.8) is 0 Å². The number of carbonyl (C=O) groups is 1. The summed E-state index contributed by atoms with van der Waals surface area (Å²) in [4.78, 5) is 11.9. The van der Waals surface area contributed by atoms with Gasteiger partial charge in [0.05, 0.1) is 11.9 Å². The topological polar surface area (TPSA) is 38.3 Å². The molecule has 1 N–H and O–H groups in total. The molecule has 0 aromatic heterocycles. The van der Waals surface area contributed by atoms with E-state index in [1.165, 1.54) is 17.8 Å². The second-order valence-corrected chi connectivity index (χ2v) is 6.31. The Kier molecular flexibility index (Phi) is 6.47. The first-order chi connectivity index (χ1) is 11.0. The van der Waals surface area contributed by atoms with E-state index in [0.29, 0.717) is 11.3 Å². The molecule has 0 aliphatic heterocycles. The Morgan fingerprint density at radius 1 is 1.17 bits per heavy atom. The van der Waals surface area contributed by atoms with Crippen LogP contribution in [0.2, 0.25) is 0 Å². The van der Waals surface area contributed by atoms with Crippen molar-refractivity contribution in [2.45, 2.75) is 25.7 Å². The monoisotopic (exact) mass is 333 g/mol. The van der Waals surface area contributed by atoms with E-state index in [-0.39, 0.29) is 23.6 Å². The Balaban J connectivity index is 1.77. The fourth-order valence-electron chi connectivity index (χ4n) is 1.96. The van der Waals surface area contributed by atoms with Crippen LogP contribution in [0.25, 0.3) is 0 Å². The number of rotatable bonds is 7. The van der Waals surface area contributed by atoms with Crippen molar-refractivity contribution >= 4 is 23.4 Å². The minimum atomic E-state index is -0.235. The Bertz CT molecular complexity index is 644. The molecule has 0 aliphatic rings. The zero-order chi connectivity index (χ0) is 16.7. The molecule has 0 unspecified atom stereocenters. The van der Waals surface area contributed by atoms with Gasteiger partial charge < -0.3 is 10.1 Å². The van der Waals surface area contributed by atoms with E-state index < -0.39 is 0 Å². The molecule has 5 heteroatoms. The SMILES string of the molecule is CC(C)Oc1ccc(NC(=O)CSCc2ccccc2F)cc1. The van der Waals surface area contributed by atoms with Gasteiger partial charge in [0.1, 0.15) is 11.6 Å². The van der Waals surface area contributed by atoms with Crippen LogP contribution in [0.5, 0.6) is 5.75 Å². The van der Waals surface area contributed by atoms with Crippen LogP contribution >= 0.6 is 11.8 Å². The first kappa shape index (κ1) is 17.3. The van der Waals surface area contributed by atoms with Gasteiger partial charge in [-0.15, -0.1) is 11.8 Å². The molecule has 0 saturated heterocycles. The van der Waals surface area contributed by atoms with Gasteiger partial charge in [-0.2, -0.15) is 0 Å².